The van der Waals surface area contributed by atoms with Gasteiger partial charge in [0.2, 0.25) is 0 Å². The van der Waals surface area contributed by atoms with Crippen LogP contribution in [-0.4, -0.2) is 17.6 Å². The standard InChI is InChI=1S/C23H33NO2/c1-15(26-20-7-5-19(6-8-20)22(2,3)4)21(25)24-23-12-16-9-17(13-23)11-18(10-16)14-23/h5-8,15-18H,9-14H2,1-4H3,(H,24,25)/t15-,16?,17?,18?,23?/m1/s1. The Labute approximate surface area is 157 Å². The van der Waals surface area contributed by atoms with Gasteiger partial charge in [0.15, 0.2) is 6.10 Å². The van der Waals surface area contributed by atoms with Gasteiger partial charge < -0.3 is 10.1 Å². The summed E-state index contributed by atoms with van der Waals surface area (Å²) in [7, 11) is 0. The normalized spacial score (nSPS) is 33.8. The smallest absolute Gasteiger partial charge is 0.261 e. The SMILES string of the molecule is C[C@@H](Oc1ccc(C(C)(C)C)cc1)C(=O)NC12CC3CC(CC(C3)C1)C2. The van der Waals surface area contributed by atoms with Gasteiger partial charge in [-0.05, 0) is 86.3 Å². The first-order chi connectivity index (χ1) is 12.2. The fourth-order valence-electron chi connectivity index (χ4n) is 5.92. The first-order valence-electron chi connectivity index (χ1n) is 10.3. The molecule has 1 N–H and O–H groups in total. The van der Waals surface area contributed by atoms with Crippen LogP contribution >= 0.6 is 0 Å². The van der Waals surface area contributed by atoms with Crippen LogP contribution in [0.15, 0.2) is 24.3 Å². The van der Waals surface area contributed by atoms with Crippen LogP contribution in [0.2, 0.25) is 0 Å². The minimum Gasteiger partial charge on any atom is -0.481 e. The van der Waals surface area contributed by atoms with Crippen LogP contribution in [0.5, 0.6) is 5.75 Å². The molecule has 0 aliphatic heterocycles. The molecule has 3 nitrogen and oxygen atoms in total. The molecule has 1 aromatic carbocycles. The predicted molar refractivity (Wildman–Crippen MR) is 104 cm³/mol. The first-order valence-corrected chi connectivity index (χ1v) is 10.3. The monoisotopic (exact) mass is 355 g/mol. The third-order valence-corrected chi connectivity index (χ3v) is 6.83. The molecule has 26 heavy (non-hydrogen) atoms. The molecule has 3 heteroatoms. The second kappa shape index (κ2) is 6.28. The van der Waals surface area contributed by atoms with Crippen molar-refractivity contribution in [2.45, 2.75) is 83.3 Å². The molecular weight excluding hydrogens is 322 g/mol. The van der Waals surface area contributed by atoms with Gasteiger partial charge in [-0.25, -0.2) is 0 Å². The zero-order chi connectivity index (χ0) is 18.5. The Morgan fingerprint density at radius 2 is 1.54 bits per heavy atom. The summed E-state index contributed by atoms with van der Waals surface area (Å²) >= 11 is 0. The van der Waals surface area contributed by atoms with E-state index in [1.807, 2.05) is 19.1 Å². The van der Waals surface area contributed by atoms with Crippen molar-refractivity contribution in [3.63, 3.8) is 0 Å². The van der Waals surface area contributed by atoms with Crippen LogP contribution in [0.1, 0.15) is 71.8 Å². The fraction of sp³-hybridized carbons (Fsp3) is 0.696. The summed E-state index contributed by atoms with van der Waals surface area (Å²) in [5.41, 5.74) is 1.45. The number of ether oxygens (including phenoxy) is 1. The van der Waals surface area contributed by atoms with Gasteiger partial charge in [0.05, 0.1) is 0 Å². The number of carbonyl (C=O) groups is 1. The minimum atomic E-state index is -0.455. The molecule has 0 radical (unpaired) electrons. The van der Waals surface area contributed by atoms with Crippen molar-refractivity contribution in [3.8, 4) is 5.75 Å². The van der Waals surface area contributed by atoms with Gasteiger partial charge in [-0.3, -0.25) is 4.79 Å². The van der Waals surface area contributed by atoms with E-state index >= 15 is 0 Å². The van der Waals surface area contributed by atoms with Crippen molar-refractivity contribution >= 4 is 5.91 Å². The van der Waals surface area contributed by atoms with E-state index in [1.54, 1.807) is 0 Å². The maximum absolute atomic E-state index is 12.8. The van der Waals surface area contributed by atoms with Gasteiger partial charge >= 0.3 is 0 Å². The highest BCUT2D eigenvalue weighted by atomic mass is 16.5. The third-order valence-electron chi connectivity index (χ3n) is 6.83. The summed E-state index contributed by atoms with van der Waals surface area (Å²) in [6, 6.07) is 8.16. The van der Waals surface area contributed by atoms with Gasteiger partial charge in [0.25, 0.3) is 5.91 Å². The summed E-state index contributed by atoms with van der Waals surface area (Å²) in [5, 5.41) is 3.42. The number of carbonyl (C=O) groups excluding carboxylic acids is 1. The van der Waals surface area contributed by atoms with Crippen LogP contribution < -0.4 is 10.1 Å². The maximum atomic E-state index is 12.8. The van der Waals surface area contributed by atoms with E-state index in [1.165, 1.54) is 44.1 Å². The number of rotatable bonds is 4. The lowest BCUT2D eigenvalue weighted by Gasteiger charge is -2.57. The van der Waals surface area contributed by atoms with Gasteiger partial charge in [0.1, 0.15) is 5.75 Å². The van der Waals surface area contributed by atoms with Crippen molar-refractivity contribution < 1.29 is 9.53 Å². The summed E-state index contributed by atoms with van der Waals surface area (Å²) in [6.07, 6.45) is 7.25. The molecule has 142 valence electrons. The molecule has 1 amide bonds. The van der Waals surface area contributed by atoms with E-state index in [0.29, 0.717) is 0 Å². The van der Waals surface area contributed by atoms with E-state index in [9.17, 15) is 4.79 Å². The van der Waals surface area contributed by atoms with E-state index in [4.69, 9.17) is 4.74 Å². The van der Waals surface area contributed by atoms with E-state index in [2.05, 4.69) is 38.2 Å². The molecule has 4 bridgehead atoms. The molecule has 0 spiro atoms. The quantitative estimate of drug-likeness (QED) is 0.839. The largest absolute Gasteiger partial charge is 0.481 e. The molecule has 4 fully saturated rings. The molecule has 4 aliphatic carbocycles. The average Bonchev–Trinajstić information content (AvgIpc) is 2.52. The molecule has 0 aromatic heterocycles. The minimum absolute atomic E-state index is 0.0480. The first kappa shape index (κ1) is 17.9. The van der Waals surface area contributed by atoms with Crippen molar-refractivity contribution in [1.82, 2.24) is 5.32 Å². The van der Waals surface area contributed by atoms with E-state index in [-0.39, 0.29) is 16.9 Å². The van der Waals surface area contributed by atoms with Crippen LogP contribution in [-0.2, 0) is 10.2 Å². The number of amides is 1. The Morgan fingerprint density at radius 3 is 2.00 bits per heavy atom. The number of hydrogen-bond acceptors (Lipinski definition) is 2. The summed E-state index contributed by atoms with van der Waals surface area (Å²) in [5.74, 6) is 3.33. The lowest BCUT2D eigenvalue weighted by Crippen LogP contribution is -2.61. The molecule has 1 aromatic rings. The summed E-state index contributed by atoms with van der Waals surface area (Å²) in [6.45, 7) is 8.47. The molecule has 4 saturated carbocycles. The van der Waals surface area contributed by atoms with E-state index < -0.39 is 6.10 Å². The summed E-state index contributed by atoms with van der Waals surface area (Å²) in [4.78, 5) is 12.8. The molecular formula is C23H33NO2. The Morgan fingerprint density at radius 1 is 1.04 bits per heavy atom. The predicted octanol–water partition coefficient (Wildman–Crippen LogP) is 4.84. The zero-order valence-electron chi connectivity index (χ0n) is 16.7. The number of nitrogens with one attached hydrogen (secondary N) is 1. The fourth-order valence-corrected chi connectivity index (χ4v) is 5.92. The van der Waals surface area contributed by atoms with Crippen molar-refractivity contribution in [2.75, 3.05) is 0 Å². The molecule has 5 rings (SSSR count). The van der Waals surface area contributed by atoms with E-state index in [0.717, 1.165) is 23.5 Å². The molecule has 4 aliphatic rings. The molecule has 0 heterocycles. The van der Waals surface area contributed by atoms with Crippen LogP contribution in [0.25, 0.3) is 0 Å². The molecule has 0 unspecified atom stereocenters. The Kier molecular flexibility index (Phi) is 4.32. The summed E-state index contributed by atoms with van der Waals surface area (Å²) < 4.78 is 5.95. The lowest BCUT2D eigenvalue weighted by molar-refractivity contribution is -0.133. The highest BCUT2D eigenvalue weighted by molar-refractivity contribution is 5.81. The topological polar surface area (TPSA) is 38.3 Å². The Hall–Kier alpha value is -1.51. The van der Waals surface area contributed by atoms with Gasteiger partial charge in [-0.2, -0.15) is 0 Å². The van der Waals surface area contributed by atoms with Crippen molar-refractivity contribution in [2.24, 2.45) is 17.8 Å². The third kappa shape index (κ3) is 3.50. The highest BCUT2D eigenvalue weighted by Crippen LogP contribution is 2.55. The van der Waals surface area contributed by atoms with Crippen LogP contribution in [0.4, 0.5) is 0 Å². The van der Waals surface area contributed by atoms with Gasteiger partial charge in [0, 0.05) is 5.54 Å². The lowest BCUT2D eigenvalue weighted by atomic mass is 9.53. The van der Waals surface area contributed by atoms with Crippen LogP contribution in [0, 0.1) is 17.8 Å². The molecule has 0 saturated heterocycles. The maximum Gasteiger partial charge on any atom is 0.261 e. The van der Waals surface area contributed by atoms with Crippen LogP contribution in [0.3, 0.4) is 0 Å². The molecule has 1 atom stereocenters. The van der Waals surface area contributed by atoms with Gasteiger partial charge in [-0.15, -0.1) is 0 Å². The highest BCUT2D eigenvalue weighted by Gasteiger charge is 2.51. The second-order valence-electron chi connectivity index (χ2n) is 10.2. The Bertz CT molecular complexity index is 635. The Balaban J connectivity index is 1.38. The zero-order valence-corrected chi connectivity index (χ0v) is 16.7. The van der Waals surface area contributed by atoms with Crippen molar-refractivity contribution in [1.29, 1.82) is 0 Å². The van der Waals surface area contributed by atoms with Crippen molar-refractivity contribution in [3.05, 3.63) is 29.8 Å². The number of benzene rings is 1. The number of hydrogen-bond donors (Lipinski definition) is 1. The second-order valence-corrected chi connectivity index (χ2v) is 10.2. The van der Waals surface area contributed by atoms with Gasteiger partial charge in [-0.1, -0.05) is 32.9 Å². The average molecular weight is 356 g/mol.